The number of aryl methyl sites for hydroxylation is 1. The van der Waals surface area contributed by atoms with Crippen molar-refractivity contribution in [1.29, 1.82) is 0 Å². The zero-order chi connectivity index (χ0) is 26.6. The van der Waals surface area contributed by atoms with Crippen LogP contribution in [-0.2, 0) is 13.1 Å². The number of likely N-dealkylation sites (tertiary alicyclic amines) is 1. The highest BCUT2D eigenvalue weighted by atomic mass is 19.3. The van der Waals surface area contributed by atoms with Crippen LogP contribution in [0.4, 0.5) is 8.78 Å². The van der Waals surface area contributed by atoms with Crippen LogP contribution < -0.4 is 5.43 Å². The molecule has 39 heavy (non-hydrogen) atoms. The number of imidazole rings is 2. The van der Waals surface area contributed by atoms with E-state index in [0.29, 0.717) is 42.5 Å². The Hall–Kier alpha value is -4.58. The number of halogens is 2. The van der Waals surface area contributed by atoms with Gasteiger partial charge in [0, 0.05) is 67.2 Å². The Balaban J connectivity index is 1.22. The Morgan fingerprint density at radius 1 is 1.08 bits per heavy atom. The predicted octanol–water partition coefficient (Wildman–Crippen LogP) is 3.61. The zero-order valence-electron chi connectivity index (χ0n) is 21.1. The van der Waals surface area contributed by atoms with Crippen LogP contribution in [0.25, 0.3) is 28.0 Å². The van der Waals surface area contributed by atoms with E-state index in [4.69, 9.17) is 9.97 Å². The Labute approximate surface area is 221 Å². The lowest BCUT2D eigenvalue weighted by atomic mass is 10.0. The van der Waals surface area contributed by atoms with Crippen molar-refractivity contribution in [2.45, 2.75) is 32.4 Å². The van der Waals surface area contributed by atoms with E-state index in [9.17, 15) is 8.78 Å². The summed E-state index contributed by atoms with van der Waals surface area (Å²) >= 11 is 0. The fourth-order valence-corrected chi connectivity index (χ4v) is 5.12. The topological polar surface area (TPSA) is 113 Å². The van der Waals surface area contributed by atoms with Gasteiger partial charge in [-0.15, -0.1) is 0 Å². The number of aromatic amines is 1. The van der Waals surface area contributed by atoms with Crippen molar-refractivity contribution in [2.75, 3.05) is 13.1 Å². The molecule has 12 heteroatoms. The van der Waals surface area contributed by atoms with Gasteiger partial charge in [0.25, 0.3) is 5.92 Å². The number of fused-ring (bicyclic) bond motifs is 2. The summed E-state index contributed by atoms with van der Waals surface area (Å²) in [6, 6.07) is 5.88. The second-order valence-corrected chi connectivity index (χ2v) is 9.95. The summed E-state index contributed by atoms with van der Waals surface area (Å²) in [6.07, 6.45) is 10.5. The standard InChI is InChI=1S/C27H24F2N10/c1-16-12-39(15-33-16)26-24-21(2-4-31-26)35-25(36-24)23-20-7-19(10-32-22(20)11-34-37-23)18-6-17(8-30-9-18)13-38-5-3-27(28,29)14-38/h2,4,6-10,12,15,34H,3,5,11,13-14H2,1H3,(H,35,36). The van der Waals surface area contributed by atoms with Gasteiger partial charge in [-0.3, -0.25) is 19.4 Å². The van der Waals surface area contributed by atoms with E-state index in [1.54, 1.807) is 36.0 Å². The van der Waals surface area contributed by atoms with Crippen LogP contribution >= 0.6 is 0 Å². The van der Waals surface area contributed by atoms with Crippen molar-refractivity contribution in [3.63, 3.8) is 0 Å². The largest absolute Gasteiger partial charge is 0.336 e. The first-order valence-electron chi connectivity index (χ1n) is 12.6. The summed E-state index contributed by atoms with van der Waals surface area (Å²) in [4.78, 5) is 27.9. The van der Waals surface area contributed by atoms with Crippen molar-refractivity contribution in [1.82, 2.24) is 44.8 Å². The molecule has 0 aliphatic carbocycles. The quantitative estimate of drug-likeness (QED) is 0.360. The summed E-state index contributed by atoms with van der Waals surface area (Å²) < 4.78 is 29.2. The predicted molar refractivity (Wildman–Crippen MR) is 141 cm³/mol. The van der Waals surface area contributed by atoms with E-state index >= 15 is 0 Å². The number of aromatic nitrogens is 7. The van der Waals surface area contributed by atoms with Gasteiger partial charge >= 0.3 is 0 Å². The third kappa shape index (κ3) is 4.42. The summed E-state index contributed by atoms with van der Waals surface area (Å²) in [5.41, 5.74) is 10.4. The number of hydrogen-bond donors (Lipinski definition) is 2. The van der Waals surface area contributed by atoms with Gasteiger partial charge in [-0.1, -0.05) is 0 Å². The number of alkyl halides is 2. The molecule has 0 unspecified atom stereocenters. The average molecular weight is 527 g/mol. The van der Waals surface area contributed by atoms with Crippen molar-refractivity contribution < 1.29 is 8.78 Å². The third-order valence-corrected chi connectivity index (χ3v) is 7.01. The molecule has 2 aliphatic heterocycles. The maximum absolute atomic E-state index is 13.7. The molecule has 7 heterocycles. The maximum atomic E-state index is 13.7. The Morgan fingerprint density at radius 2 is 1.97 bits per heavy atom. The fraction of sp³-hybridized carbons (Fsp3) is 0.259. The first-order chi connectivity index (χ1) is 18.9. The Bertz CT molecular complexity index is 1740. The van der Waals surface area contributed by atoms with Gasteiger partial charge in [0.2, 0.25) is 0 Å². The molecule has 0 radical (unpaired) electrons. The highest BCUT2D eigenvalue weighted by Crippen LogP contribution is 2.29. The molecule has 10 nitrogen and oxygen atoms in total. The molecule has 0 amide bonds. The molecule has 1 saturated heterocycles. The third-order valence-electron chi connectivity index (χ3n) is 7.01. The smallest absolute Gasteiger partial charge is 0.261 e. The van der Waals surface area contributed by atoms with Crippen molar-refractivity contribution >= 4 is 16.7 Å². The van der Waals surface area contributed by atoms with Crippen LogP contribution in [0, 0.1) is 6.92 Å². The molecule has 5 aromatic heterocycles. The molecular formula is C27H24F2N10. The van der Waals surface area contributed by atoms with E-state index in [0.717, 1.165) is 39.2 Å². The van der Waals surface area contributed by atoms with E-state index in [1.165, 1.54) is 0 Å². The van der Waals surface area contributed by atoms with Crippen LogP contribution in [0.2, 0.25) is 0 Å². The van der Waals surface area contributed by atoms with Gasteiger partial charge in [-0.05, 0) is 30.7 Å². The number of H-pyrrole nitrogens is 1. The first kappa shape index (κ1) is 23.5. The molecule has 0 atom stereocenters. The maximum Gasteiger partial charge on any atom is 0.261 e. The van der Waals surface area contributed by atoms with Gasteiger partial charge in [-0.2, -0.15) is 5.10 Å². The minimum absolute atomic E-state index is 0.105. The number of pyridine rings is 3. The molecular weight excluding hydrogens is 502 g/mol. The first-order valence-corrected chi connectivity index (χ1v) is 12.6. The second kappa shape index (κ2) is 9.02. The van der Waals surface area contributed by atoms with E-state index in [-0.39, 0.29) is 13.0 Å². The summed E-state index contributed by atoms with van der Waals surface area (Å²) in [5.74, 6) is -1.36. The average Bonchev–Trinajstić information content (AvgIpc) is 3.65. The van der Waals surface area contributed by atoms with E-state index in [2.05, 4.69) is 30.5 Å². The minimum atomic E-state index is -2.62. The molecule has 1 fully saturated rings. The van der Waals surface area contributed by atoms with Crippen LogP contribution in [0.3, 0.4) is 0 Å². The molecule has 7 rings (SSSR count). The summed E-state index contributed by atoms with van der Waals surface area (Å²) in [7, 11) is 0. The molecule has 0 bridgehead atoms. The van der Waals surface area contributed by atoms with Gasteiger partial charge in [-0.25, -0.2) is 23.7 Å². The van der Waals surface area contributed by atoms with Crippen molar-refractivity contribution in [3.8, 4) is 16.9 Å². The molecule has 2 aliphatic rings. The number of hydrazone groups is 1. The zero-order valence-corrected chi connectivity index (χ0v) is 21.1. The van der Waals surface area contributed by atoms with Gasteiger partial charge in [0.05, 0.1) is 30.0 Å². The molecule has 0 spiro atoms. The number of nitrogens with one attached hydrogen (secondary N) is 2. The van der Waals surface area contributed by atoms with Gasteiger partial charge in [0.1, 0.15) is 17.6 Å². The van der Waals surface area contributed by atoms with Gasteiger partial charge in [0.15, 0.2) is 11.6 Å². The number of nitrogens with zero attached hydrogens (tertiary/aromatic N) is 8. The van der Waals surface area contributed by atoms with Crippen molar-refractivity contribution in [3.05, 3.63) is 83.8 Å². The Morgan fingerprint density at radius 3 is 2.79 bits per heavy atom. The monoisotopic (exact) mass is 526 g/mol. The molecule has 5 aromatic rings. The van der Waals surface area contributed by atoms with Crippen LogP contribution in [0.5, 0.6) is 0 Å². The van der Waals surface area contributed by atoms with Gasteiger partial charge < -0.3 is 10.4 Å². The fourth-order valence-electron chi connectivity index (χ4n) is 5.12. The SMILES string of the molecule is Cc1cn(-c2nccc3[nH]c(C4=NNCc5ncc(-c6cncc(CN7CCC(F)(F)C7)c6)cc54)nc23)cn1. The molecule has 196 valence electrons. The van der Waals surface area contributed by atoms with Crippen LogP contribution in [0.15, 0.2) is 60.6 Å². The lowest BCUT2D eigenvalue weighted by molar-refractivity contribution is 0.0115. The lowest BCUT2D eigenvalue weighted by Crippen LogP contribution is -2.24. The lowest BCUT2D eigenvalue weighted by Gasteiger charge is -2.17. The molecule has 0 saturated carbocycles. The molecule has 2 N–H and O–H groups in total. The Kier molecular flexibility index (Phi) is 5.44. The number of hydrogen-bond acceptors (Lipinski definition) is 8. The van der Waals surface area contributed by atoms with Crippen molar-refractivity contribution in [2.24, 2.45) is 5.10 Å². The molecule has 0 aromatic carbocycles. The van der Waals surface area contributed by atoms with Crippen LogP contribution in [-0.4, -0.2) is 64.1 Å². The number of rotatable bonds is 5. The van der Waals surface area contributed by atoms with Crippen LogP contribution in [0.1, 0.15) is 34.8 Å². The summed E-state index contributed by atoms with van der Waals surface area (Å²) in [5, 5.41) is 4.58. The second-order valence-electron chi connectivity index (χ2n) is 9.95. The highest BCUT2D eigenvalue weighted by molar-refractivity contribution is 6.13. The van der Waals surface area contributed by atoms with E-state index < -0.39 is 5.92 Å². The van der Waals surface area contributed by atoms with E-state index in [1.807, 2.05) is 35.9 Å². The summed E-state index contributed by atoms with van der Waals surface area (Å²) in [6.45, 7) is 2.99. The highest BCUT2D eigenvalue weighted by Gasteiger charge is 2.38. The minimum Gasteiger partial charge on any atom is -0.336 e. The normalized spacial score (nSPS) is 16.7.